The predicted molar refractivity (Wildman–Crippen MR) is 78.0 cm³/mol. The van der Waals surface area contributed by atoms with Crippen molar-refractivity contribution in [2.75, 3.05) is 6.54 Å². The second-order valence-electron chi connectivity index (χ2n) is 6.38. The Hall–Kier alpha value is -0.870. The summed E-state index contributed by atoms with van der Waals surface area (Å²) in [5.74, 6) is -2.11. The van der Waals surface area contributed by atoms with Crippen molar-refractivity contribution < 1.29 is 8.78 Å². The Balaban J connectivity index is 1.78. The number of nitrogens with zero attached hydrogens (tertiary/aromatic N) is 1. The van der Waals surface area contributed by atoms with Crippen molar-refractivity contribution in [3.05, 3.63) is 0 Å². The Morgan fingerprint density at radius 1 is 1.10 bits per heavy atom. The molecule has 5 heteroatoms. The van der Waals surface area contributed by atoms with Crippen LogP contribution in [0.3, 0.4) is 0 Å². The van der Waals surface area contributed by atoms with Gasteiger partial charge in [0.1, 0.15) is 0 Å². The molecule has 0 aliphatic heterocycles. The molecule has 0 bridgehead atoms. The highest BCUT2D eigenvalue weighted by Crippen LogP contribution is 2.35. The number of halogens is 2. The van der Waals surface area contributed by atoms with Crippen LogP contribution >= 0.6 is 0 Å². The fourth-order valence-electron chi connectivity index (χ4n) is 3.33. The molecular weight excluding hydrogens is 260 g/mol. The highest BCUT2D eigenvalue weighted by atomic mass is 19.3. The van der Waals surface area contributed by atoms with Crippen LogP contribution in [-0.4, -0.2) is 24.5 Å². The summed E-state index contributed by atoms with van der Waals surface area (Å²) in [6.07, 6.45) is 8.39. The zero-order valence-electron chi connectivity index (χ0n) is 12.2. The number of nitrogens with one attached hydrogen (secondary N) is 1. The Kier molecular flexibility index (Phi) is 5.61. The fourth-order valence-corrected chi connectivity index (χ4v) is 3.33. The number of nitrogens with two attached hydrogens (primary N) is 1. The SMILES string of the molecule is NC(=NCC1CCCCC(F)(F)C1)NC1CCCCC1. The van der Waals surface area contributed by atoms with Crippen LogP contribution < -0.4 is 11.1 Å². The van der Waals surface area contributed by atoms with E-state index >= 15 is 0 Å². The third-order valence-electron chi connectivity index (χ3n) is 4.47. The maximum Gasteiger partial charge on any atom is 0.248 e. The van der Waals surface area contributed by atoms with Crippen LogP contribution in [0.1, 0.15) is 64.2 Å². The second-order valence-corrected chi connectivity index (χ2v) is 6.38. The molecule has 1 atom stereocenters. The molecule has 116 valence electrons. The molecule has 0 aromatic rings. The standard InChI is InChI=1S/C15H27F2N3/c16-15(17)9-5-4-6-12(10-15)11-19-14(18)20-13-7-2-1-3-8-13/h12-13H,1-11H2,(H3,18,19,20). The van der Waals surface area contributed by atoms with Gasteiger partial charge in [-0.15, -0.1) is 0 Å². The maximum atomic E-state index is 13.5. The molecule has 2 saturated carbocycles. The lowest BCUT2D eigenvalue weighted by Gasteiger charge is -2.23. The van der Waals surface area contributed by atoms with Gasteiger partial charge < -0.3 is 11.1 Å². The molecule has 3 nitrogen and oxygen atoms in total. The van der Waals surface area contributed by atoms with Gasteiger partial charge in [0.2, 0.25) is 5.92 Å². The van der Waals surface area contributed by atoms with Crippen LogP contribution in [0.15, 0.2) is 4.99 Å². The molecule has 0 amide bonds. The number of guanidine groups is 1. The van der Waals surface area contributed by atoms with Crippen molar-refractivity contribution in [1.29, 1.82) is 0 Å². The van der Waals surface area contributed by atoms with E-state index in [2.05, 4.69) is 10.3 Å². The van der Waals surface area contributed by atoms with Gasteiger partial charge in [0.15, 0.2) is 5.96 Å². The summed E-state index contributed by atoms with van der Waals surface area (Å²) in [6.45, 7) is 0.432. The van der Waals surface area contributed by atoms with Crippen molar-refractivity contribution >= 4 is 5.96 Å². The topological polar surface area (TPSA) is 50.4 Å². The van der Waals surface area contributed by atoms with Crippen LogP contribution in [0.2, 0.25) is 0 Å². The van der Waals surface area contributed by atoms with Crippen molar-refractivity contribution in [2.45, 2.75) is 76.2 Å². The Labute approximate surface area is 120 Å². The van der Waals surface area contributed by atoms with Crippen LogP contribution in [0, 0.1) is 5.92 Å². The zero-order valence-corrected chi connectivity index (χ0v) is 12.2. The van der Waals surface area contributed by atoms with E-state index in [-0.39, 0.29) is 18.8 Å². The summed E-state index contributed by atoms with van der Waals surface area (Å²) in [7, 11) is 0. The highest BCUT2D eigenvalue weighted by molar-refractivity contribution is 5.78. The molecular formula is C15H27F2N3. The summed E-state index contributed by atoms with van der Waals surface area (Å²) < 4.78 is 27.0. The van der Waals surface area contributed by atoms with E-state index in [1.807, 2.05) is 0 Å². The Morgan fingerprint density at radius 3 is 2.55 bits per heavy atom. The van der Waals surface area contributed by atoms with E-state index in [0.717, 1.165) is 25.7 Å². The molecule has 1 unspecified atom stereocenters. The van der Waals surface area contributed by atoms with Crippen LogP contribution in [-0.2, 0) is 0 Å². The van der Waals surface area contributed by atoms with E-state index < -0.39 is 5.92 Å². The number of aliphatic imine (C=N–C) groups is 1. The van der Waals surface area contributed by atoms with Crippen LogP contribution in [0.25, 0.3) is 0 Å². The summed E-state index contributed by atoms with van der Waals surface area (Å²) >= 11 is 0. The van der Waals surface area contributed by atoms with Crippen LogP contribution in [0.4, 0.5) is 8.78 Å². The van der Waals surface area contributed by atoms with Gasteiger partial charge in [-0.1, -0.05) is 25.7 Å². The van der Waals surface area contributed by atoms with Crippen molar-refractivity contribution in [2.24, 2.45) is 16.6 Å². The summed E-state index contributed by atoms with van der Waals surface area (Å²) in [4.78, 5) is 4.30. The normalized spacial score (nSPS) is 28.9. The molecule has 2 aliphatic rings. The van der Waals surface area contributed by atoms with Gasteiger partial charge >= 0.3 is 0 Å². The molecule has 2 rings (SSSR count). The fraction of sp³-hybridized carbons (Fsp3) is 0.933. The van der Waals surface area contributed by atoms with Gasteiger partial charge in [0.05, 0.1) is 0 Å². The van der Waals surface area contributed by atoms with Crippen molar-refractivity contribution in [1.82, 2.24) is 5.32 Å². The third-order valence-corrected chi connectivity index (χ3v) is 4.47. The first kappa shape index (κ1) is 15.5. The average Bonchev–Trinajstić information content (AvgIpc) is 2.58. The Bertz CT molecular complexity index is 325. The molecule has 0 heterocycles. The van der Waals surface area contributed by atoms with E-state index in [1.165, 1.54) is 19.3 Å². The summed E-state index contributed by atoms with van der Waals surface area (Å²) in [6, 6.07) is 0.420. The van der Waals surface area contributed by atoms with E-state index in [4.69, 9.17) is 5.73 Å². The largest absolute Gasteiger partial charge is 0.370 e. The average molecular weight is 287 g/mol. The van der Waals surface area contributed by atoms with E-state index in [9.17, 15) is 8.78 Å². The van der Waals surface area contributed by atoms with Crippen molar-refractivity contribution in [3.63, 3.8) is 0 Å². The minimum atomic E-state index is -2.51. The van der Waals surface area contributed by atoms with Gasteiger partial charge in [-0.2, -0.15) is 0 Å². The van der Waals surface area contributed by atoms with Gasteiger partial charge in [-0.3, -0.25) is 4.99 Å². The lowest BCUT2D eigenvalue weighted by atomic mass is 9.96. The molecule has 2 fully saturated rings. The lowest BCUT2D eigenvalue weighted by Crippen LogP contribution is -2.41. The van der Waals surface area contributed by atoms with Gasteiger partial charge in [-0.05, 0) is 31.6 Å². The molecule has 0 spiro atoms. The number of hydrogen-bond donors (Lipinski definition) is 2. The highest BCUT2D eigenvalue weighted by Gasteiger charge is 2.34. The predicted octanol–water partition coefficient (Wildman–Crippen LogP) is 3.44. The summed E-state index contributed by atoms with van der Waals surface area (Å²) in [5, 5.41) is 3.24. The van der Waals surface area contributed by atoms with Gasteiger partial charge in [-0.25, -0.2) is 8.78 Å². The Morgan fingerprint density at radius 2 is 1.80 bits per heavy atom. The quantitative estimate of drug-likeness (QED) is 0.474. The lowest BCUT2D eigenvalue weighted by molar-refractivity contribution is -0.0241. The minimum Gasteiger partial charge on any atom is -0.370 e. The molecule has 2 aliphatic carbocycles. The maximum absolute atomic E-state index is 13.5. The number of alkyl halides is 2. The van der Waals surface area contributed by atoms with Gasteiger partial charge in [0.25, 0.3) is 0 Å². The van der Waals surface area contributed by atoms with Crippen LogP contribution in [0.5, 0.6) is 0 Å². The van der Waals surface area contributed by atoms with Gasteiger partial charge in [0, 0.05) is 25.4 Å². The molecule has 0 aromatic heterocycles. The molecule has 0 aromatic carbocycles. The molecule has 20 heavy (non-hydrogen) atoms. The zero-order chi connectivity index (χ0) is 14.4. The first-order chi connectivity index (χ1) is 9.55. The van der Waals surface area contributed by atoms with E-state index in [0.29, 0.717) is 25.0 Å². The van der Waals surface area contributed by atoms with Crippen molar-refractivity contribution in [3.8, 4) is 0 Å². The number of hydrogen-bond acceptors (Lipinski definition) is 1. The monoisotopic (exact) mass is 287 g/mol. The van der Waals surface area contributed by atoms with E-state index in [1.54, 1.807) is 0 Å². The number of rotatable bonds is 3. The first-order valence-electron chi connectivity index (χ1n) is 7.99. The first-order valence-corrected chi connectivity index (χ1v) is 7.99. The molecule has 0 radical (unpaired) electrons. The summed E-state index contributed by atoms with van der Waals surface area (Å²) in [5.41, 5.74) is 5.88. The smallest absolute Gasteiger partial charge is 0.248 e. The molecule has 0 saturated heterocycles. The second kappa shape index (κ2) is 7.23. The minimum absolute atomic E-state index is 0.0285. The third kappa shape index (κ3) is 5.25. The molecule has 3 N–H and O–H groups in total.